The fourth-order valence-electron chi connectivity index (χ4n) is 4.24. The molecular weight excluding hydrogens is 478 g/mol. The Morgan fingerprint density at radius 1 is 1.03 bits per heavy atom. The van der Waals surface area contributed by atoms with Crippen molar-refractivity contribution in [3.63, 3.8) is 0 Å². The highest BCUT2D eigenvalue weighted by Gasteiger charge is 2.33. The summed E-state index contributed by atoms with van der Waals surface area (Å²) in [6.45, 7) is 2.48. The van der Waals surface area contributed by atoms with Crippen molar-refractivity contribution in [1.82, 2.24) is 9.21 Å². The van der Waals surface area contributed by atoms with Crippen molar-refractivity contribution >= 4 is 39.1 Å². The second-order valence-electron chi connectivity index (χ2n) is 8.52. The smallest absolute Gasteiger partial charge is 0.256 e. The van der Waals surface area contributed by atoms with Crippen LogP contribution in [0.25, 0.3) is 0 Å². The van der Waals surface area contributed by atoms with Crippen LogP contribution < -0.4 is 5.32 Å². The molecule has 0 spiro atoms. The molecule has 0 radical (unpaired) electrons. The van der Waals surface area contributed by atoms with Gasteiger partial charge in [0.05, 0.1) is 36.1 Å². The summed E-state index contributed by atoms with van der Waals surface area (Å²) in [6, 6.07) is 13.6. The number of benzene rings is 2. The maximum Gasteiger partial charge on any atom is 0.256 e. The van der Waals surface area contributed by atoms with Crippen LogP contribution in [0, 0.1) is 5.92 Å². The zero-order chi connectivity index (χ0) is 24.1. The predicted octanol–water partition coefficient (Wildman–Crippen LogP) is 2.99. The molecule has 2 aliphatic heterocycles. The minimum atomic E-state index is -3.59. The Kier molecular flexibility index (Phi) is 7.88. The van der Waals surface area contributed by atoms with Crippen molar-refractivity contribution in [1.29, 1.82) is 0 Å². The number of nitrogens with zero attached hydrogens (tertiary/aromatic N) is 2. The van der Waals surface area contributed by atoms with Crippen LogP contribution in [0.15, 0.2) is 48.5 Å². The number of ether oxygens (including phenoxy) is 1. The Morgan fingerprint density at radius 2 is 1.74 bits per heavy atom. The highest BCUT2D eigenvalue weighted by molar-refractivity contribution is 7.88. The van der Waals surface area contributed by atoms with E-state index in [1.807, 2.05) is 0 Å². The van der Waals surface area contributed by atoms with Gasteiger partial charge in [-0.05, 0) is 42.7 Å². The van der Waals surface area contributed by atoms with E-state index in [2.05, 4.69) is 5.32 Å². The Morgan fingerprint density at radius 3 is 2.47 bits per heavy atom. The standard InChI is InChI=1S/C24H28ClN3O5S/c25-20-9-7-18(8-10-20)17-34(31,32)28-11-3-4-19(16-28)23(29)26-22-6-2-1-5-21(22)24(30)27-12-14-33-15-13-27/h1-2,5-10,19H,3-4,11-17H2,(H,26,29). The predicted molar refractivity (Wildman–Crippen MR) is 130 cm³/mol. The van der Waals surface area contributed by atoms with Crippen molar-refractivity contribution < 1.29 is 22.7 Å². The number of nitrogens with one attached hydrogen (secondary N) is 1. The van der Waals surface area contributed by atoms with Gasteiger partial charge >= 0.3 is 0 Å². The van der Waals surface area contributed by atoms with Gasteiger partial charge in [-0.2, -0.15) is 0 Å². The van der Waals surface area contributed by atoms with Gasteiger partial charge in [0.1, 0.15) is 0 Å². The van der Waals surface area contributed by atoms with E-state index in [1.54, 1.807) is 53.4 Å². The molecule has 2 saturated heterocycles. The van der Waals surface area contributed by atoms with Crippen molar-refractivity contribution in [2.75, 3.05) is 44.7 Å². The molecule has 0 aliphatic carbocycles. The van der Waals surface area contributed by atoms with Gasteiger partial charge in [-0.3, -0.25) is 9.59 Å². The fourth-order valence-corrected chi connectivity index (χ4v) is 5.98. The molecule has 10 heteroatoms. The first kappa shape index (κ1) is 24.7. The lowest BCUT2D eigenvalue weighted by molar-refractivity contribution is -0.120. The first-order valence-corrected chi connectivity index (χ1v) is 13.3. The zero-order valence-electron chi connectivity index (χ0n) is 18.8. The van der Waals surface area contributed by atoms with E-state index in [9.17, 15) is 18.0 Å². The molecule has 2 aromatic carbocycles. The number of hydrogen-bond donors (Lipinski definition) is 1. The first-order valence-electron chi connectivity index (χ1n) is 11.3. The zero-order valence-corrected chi connectivity index (χ0v) is 20.4. The number of carbonyl (C=O) groups excluding carboxylic acids is 2. The third-order valence-corrected chi connectivity index (χ3v) is 8.19. The molecular formula is C24H28ClN3O5S. The van der Waals surface area contributed by atoms with Crippen LogP contribution >= 0.6 is 11.6 Å². The maximum absolute atomic E-state index is 13.1. The Balaban J connectivity index is 1.43. The van der Waals surface area contributed by atoms with Crippen molar-refractivity contribution in [3.05, 3.63) is 64.7 Å². The van der Waals surface area contributed by atoms with Gasteiger partial charge in [0.15, 0.2) is 0 Å². The van der Waals surface area contributed by atoms with Gasteiger partial charge in [0.25, 0.3) is 5.91 Å². The molecule has 34 heavy (non-hydrogen) atoms. The molecule has 2 aromatic rings. The Hall–Kier alpha value is -2.46. The summed E-state index contributed by atoms with van der Waals surface area (Å²) in [5, 5.41) is 3.42. The molecule has 2 amide bonds. The van der Waals surface area contributed by atoms with Gasteiger partial charge in [-0.15, -0.1) is 0 Å². The minimum Gasteiger partial charge on any atom is -0.378 e. The number of amides is 2. The monoisotopic (exact) mass is 505 g/mol. The molecule has 8 nitrogen and oxygen atoms in total. The van der Waals surface area contributed by atoms with Crippen molar-refractivity contribution in [2.45, 2.75) is 18.6 Å². The van der Waals surface area contributed by atoms with E-state index < -0.39 is 15.9 Å². The van der Waals surface area contributed by atoms with Crippen LogP contribution in [-0.4, -0.2) is 68.8 Å². The molecule has 182 valence electrons. The highest BCUT2D eigenvalue weighted by atomic mass is 35.5. The number of anilines is 1. The summed E-state index contributed by atoms with van der Waals surface area (Å²) in [6.07, 6.45) is 1.17. The van der Waals surface area contributed by atoms with E-state index in [1.165, 1.54) is 4.31 Å². The topological polar surface area (TPSA) is 96.0 Å². The van der Waals surface area contributed by atoms with Crippen LogP contribution in [-0.2, 0) is 25.3 Å². The van der Waals surface area contributed by atoms with E-state index in [4.69, 9.17) is 16.3 Å². The first-order chi connectivity index (χ1) is 16.3. The van der Waals surface area contributed by atoms with Crippen LogP contribution in [0.5, 0.6) is 0 Å². The summed E-state index contributed by atoms with van der Waals surface area (Å²) < 4.78 is 32.7. The number of piperidine rings is 1. The third-order valence-electron chi connectivity index (χ3n) is 6.12. The summed E-state index contributed by atoms with van der Waals surface area (Å²) in [5.41, 5.74) is 1.50. The van der Waals surface area contributed by atoms with Crippen molar-refractivity contribution in [2.24, 2.45) is 5.92 Å². The lowest BCUT2D eigenvalue weighted by atomic mass is 9.98. The second-order valence-corrected chi connectivity index (χ2v) is 10.9. The number of rotatable bonds is 6. The minimum absolute atomic E-state index is 0.112. The second kappa shape index (κ2) is 10.9. The van der Waals surface area contributed by atoms with Crippen LogP contribution in [0.4, 0.5) is 5.69 Å². The lowest BCUT2D eigenvalue weighted by Gasteiger charge is -2.31. The molecule has 2 heterocycles. The Labute approximate surface area is 204 Å². The van der Waals surface area contributed by atoms with E-state index >= 15 is 0 Å². The van der Waals surface area contributed by atoms with Crippen LogP contribution in [0.3, 0.4) is 0 Å². The summed E-state index contributed by atoms with van der Waals surface area (Å²) in [5.74, 6) is -1.08. The quantitative estimate of drug-likeness (QED) is 0.651. The molecule has 2 aliphatic rings. The van der Waals surface area contributed by atoms with Gasteiger partial charge < -0.3 is 15.0 Å². The van der Waals surface area contributed by atoms with E-state index in [0.717, 1.165) is 0 Å². The highest BCUT2D eigenvalue weighted by Crippen LogP contribution is 2.25. The number of sulfonamides is 1. The molecule has 0 saturated carbocycles. The van der Waals surface area contributed by atoms with Crippen molar-refractivity contribution in [3.8, 4) is 0 Å². The molecule has 2 fully saturated rings. The fraction of sp³-hybridized carbons (Fsp3) is 0.417. The van der Waals surface area contributed by atoms with Crippen LogP contribution in [0.1, 0.15) is 28.8 Å². The molecule has 1 atom stereocenters. The number of para-hydroxylation sites is 1. The van der Waals surface area contributed by atoms with Gasteiger partial charge in [0.2, 0.25) is 15.9 Å². The lowest BCUT2D eigenvalue weighted by Crippen LogP contribution is -2.44. The molecule has 1 N–H and O–H groups in total. The van der Waals surface area contributed by atoms with E-state index in [0.29, 0.717) is 67.5 Å². The number of carbonyl (C=O) groups is 2. The average Bonchev–Trinajstić information content (AvgIpc) is 2.86. The Bertz CT molecular complexity index is 1130. The summed E-state index contributed by atoms with van der Waals surface area (Å²) in [7, 11) is -3.59. The SMILES string of the molecule is O=C(Nc1ccccc1C(=O)N1CCOCC1)C1CCCN(S(=O)(=O)Cc2ccc(Cl)cc2)C1. The molecule has 1 unspecified atom stereocenters. The molecule has 4 rings (SSSR count). The number of hydrogen-bond acceptors (Lipinski definition) is 5. The number of halogens is 1. The summed E-state index contributed by atoms with van der Waals surface area (Å²) >= 11 is 5.89. The van der Waals surface area contributed by atoms with Gasteiger partial charge in [-0.1, -0.05) is 35.9 Å². The summed E-state index contributed by atoms with van der Waals surface area (Å²) in [4.78, 5) is 27.8. The van der Waals surface area contributed by atoms with Crippen LogP contribution in [0.2, 0.25) is 5.02 Å². The number of morpholine rings is 1. The van der Waals surface area contributed by atoms with Gasteiger partial charge in [0, 0.05) is 31.2 Å². The molecule has 0 bridgehead atoms. The maximum atomic E-state index is 13.1. The van der Waals surface area contributed by atoms with E-state index in [-0.39, 0.29) is 24.1 Å². The largest absolute Gasteiger partial charge is 0.378 e. The average molecular weight is 506 g/mol. The third kappa shape index (κ3) is 5.96. The van der Waals surface area contributed by atoms with Gasteiger partial charge in [-0.25, -0.2) is 12.7 Å². The molecule has 0 aromatic heterocycles. The normalized spacial score (nSPS) is 19.6.